The Morgan fingerprint density at radius 3 is 2.62 bits per heavy atom. The van der Waals surface area contributed by atoms with Gasteiger partial charge in [0.25, 0.3) is 5.91 Å². The number of nitrogens with zero attached hydrogens (tertiary/aromatic N) is 1. The molecule has 1 heterocycles. The molecule has 0 radical (unpaired) electrons. The number of hydrogen-bond acceptors (Lipinski definition) is 9. The first kappa shape index (κ1) is 23.4. The Kier molecular flexibility index (Phi) is 7.21. The van der Waals surface area contributed by atoms with Crippen LogP contribution in [0.3, 0.4) is 0 Å². The minimum atomic E-state index is -3.48. The normalized spacial score (nSPS) is 12.9. The van der Waals surface area contributed by atoms with Gasteiger partial charge < -0.3 is 24.4 Å². The topological polar surface area (TPSA) is 130 Å². The SMILES string of the molecule is C/C(=N\OCC(=O)OCC(=O)Nc1cc(S(C)(=O)=O)ccc1Cl)c1ccc2c(c1)OCO2. The van der Waals surface area contributed by atoms with Crippen molar-refractivity contribution in [3.63, 3.8) is 0 Å². The predicted octanol–water partition coefficient (Wildman–Crippen LogP) is 2.39. The van der Waals surface area contributed by atoms with Gasteiger partial charge in [0, 0.05) is 11.8 Å². The number of fused-ring (bicyclic) bond motifs is 1. The highest BCUT2D eigenvalue weighted by molar-refractivity contribution is 7.90. The number of benzene rings is 2. The van der Waals surface area contributed by atoms with E-state index in [9.17, 15) is 18.0 Å². The first-order chi connectivity index (χ1) is 15.1. The number of anilines is 1. The molecule has 1 N–H and O–H groups in total. The van der Waals surface area contributed by atoms with Gasteiger partial charge in [-0.3, -0.25) is 4.79 Å². The highest BCUT2D eigenvalue weighted by Crippen LogP contribution is 2.32. The van der Waals surface area contributed by atoms with E-state index in [1.807, 2.05) is 0 Å². The van der Waals surface area contributed by atoms with Crippen LogP contribution >= 0.6 is 11.6 Å². The van der Waals surface area contributed by atoms with Crippen LogP contribution in [0, 0.1) is 0 Å². The van der Waals surface area contributed by atoms with Crippen LogP contribution in [0.25, 0.3) is 0 Å². The van der Waals surface area contributed by atoms with Crippen LogP contribution in [0.4, 0.5) is 5.69 Å². The minimum Gasteiger partial charge on any atom is -0.454 e. The summed E-state index contributed by atoms with van der Waals surface area (Å²) in [5.41, 5.74) is 1.29. The summed E-state index contributed by atoms with van der Waals surface area (Å²) < 4.78 is 38.6. The Balaban J connectivity index is 1.47. The molecule has 0 aliphatic carbocycles. The average Bonchev–Trinajstić information content (AvgIpc) is 3.21. The zero-order chi connectivity index (χ0) is 23.3. The fraction of sp³-hybridized carbons (Fsp3) is 0.250. The Morgan fingerprint density at radius 1 is 1.12 bits per heavy atom. The molecule has 12 heteroatoms. The molecule has 2 aromatic rings. The van der Waals surface area contributed by atoms with Crippen molar-refractivity contribution in [1.29, 1.82) is 0 Å². The molecule has 2 aromatic carbocycles. The lowest BCUT2D eigenvalue weighted by Crippen LogP contribution is -2.22. The molecule has 1 aliphatic heterocycles. The van der Waals surface area contributed by atoms with Gasteiger partial charge in [-0.05, 0) is 43.3 Å². The van der Waals surface area contributed by atoms with Crippen molar-refractivity contribution in [3.05, 3.63) is 47.0 Å². The lowest BCUT2D eigenvalue weighted by molar-refractivity contribution is -0.151. The average molecular weight is 483 g/mol. The lowest BCUT2D eigenvalue weighted by atomic mass is 10.1. The number of ether oxygens (including phenoxy) is 3. The molecule has 0 saturated carbocycles. The molecule has 32 heavy (non-hydrogen) atoms. The van der Waals surface area contributed by atoms with Crippen LogP contribution in [0.15, 0.2) is 46.4 Å². The monoisotopic (exact) mass is 482 g/mol. The highest BCUT2D eigenvalue weighted by Gasteiger charge is 2.15. The summed E-state index contributed by atoms with van der Waals surface area (Å²) in [6, 6.07) is 9.11. The van der Waals surface area contributed by atoms with Crippen molar-refractivity contribution in [1.82, 2.24) is 0 Å². The van der Waals surface area contributed by atoms with Crippen molar-refractivity contribution in [2.45, 2.75) is 11.8 Å². The van der Waals surface area contributed by atoms with Gasteiger partial charge in [-0.2, -0.15) is 0 Å². The summed E-state index contributed by atoms with van der Waals surface area (Å²) in [7, 11) is -3.48. The second kappa shape index (κ2) is 9.88. The summed E-state index contributed by atoms with van der Waals surface area (Å²) >= 11 is 5.97. The maximum absolute atomic E-state index is 12.0. The molecule has 1 aliphatic rings. The molecule has 0 bridgehead atoms. The number of hydrogen-bond donors (Lipinski definition) is 1. The van der Waals surface area contributed by atoms with Gasteiger partial charge in [0.05, 0.1) is 21.3 Å². The van der Waals surface area contributed by atoms with Gasteiger partial charge in [0.15, 0.2) is 27.9 Å². The number of oxime groups is 1. The van der Waals surface area contributed by atoms with E-state index in [4.69, 9.17) is 30.6 Å². The second-order valence-corrected chi connectivity index (χ2v) is 9.06. The van der Waals surface area contributed by atoms with Gasteiger partial charge in [-0.25, -0.2) is 13.2 Å². The van der Waals surface area contributed by atoms with Crippen molar-refractivity contribution in [2.75, 3.05) is 31.6 Å². The fourth-order valence-electron chi connectivity index (χ4n) is 2.56. The molecular weight excluding hydrogens is 464 g/mol. The smallest absolute Gasteiger partial charge is 0.347 e. The van der Waals surface area contributed by atoms with E-state index in [0.717, 1.165) is 11.8 Å². The van der Waals surface area contributed by atoms with E-state index in [-0.39, 0.29) is 22.4 Å². The molecule has 0 fully saturated rings. The first-order valence-corrected chi connectivity index (χ1v) is 11.4. The van der Waals surface area contributed by atoms with Gasteiger partial charge in [0.1, 0.15) is 0 Å². The van der Waals surface area contributed by atoms with E-state index in [0.29, 0.717) is 17.2 Å². The van der Waals surface area contributed by atoms with E-state index in [1.54, 1.807) is 25.1 Å². The summed E-state index contributed by atoms with van der Waals surface area (Å²) in [6.45, 7) is 0.705. The van der Waals surface area contributed by atoms with Crippen LogP contribution < -0.4 is 14.8 Å². The highest BCUT2D eigenvalue weighted by atomic mass is 35.5. The maximum atomic E-state index is 12.0. The standard InChI is InChI=1S/C20H19ClN2O8S/c1-12(13-3-6-17-18(7-13)30-11-29-17)23-31-10-20(25)28-9-19(24)22-16-8-14(32(2,26)27)4-5-15(16)21/h3-8H,9-11H2,1-2H3,(H,22,24)/b23-12+. The number of amides is 1. The van der Waals surface area contributed by atoms with Crippen molar-refractivity contribution < 1.29 is 37.1 Å². The lowest BCUT2D eigenvalue weighted by Gasteiger charge is -2.09. The number of nitrogens with one attached hydrogen (secondary N) is 1. The van der Waals surface area contributed by atoms with Crippen molar-refractivity contribution in [3.8, 4) is 11.5 Å². The Hall–Kier alpha value is -3.31. The molecule has 170 valence electrons. The molecule has 0 spiro atoms. The quantitative estimate of drug-likeness (QED) is 0.345. The number of esters is 1. The molecule has 10 nitrogen and oxygen atoms in total. The van der Waals surface area contributed by atoms with E-state index >= 15 is 0 Å². The van der Waals surface area contributed by atoms with E-state index < -0.39 is 34.9 Å². The Bertz CT molecular complexity index is 1180. The first-order valence-electron chi connectivity index (χ1n) is 9.15. The number of sulfone groups is 1. The molecule has 0 aromatic heterocycles. The van der Waals surface area contributed by atoms with Crippen molar-refractivity contribution in [2.24, 2.45) is 5.16 Å². The Morgan fingerprint density at radius 2 is 1.88 bits per heavy atom. The molecule has 0 saturated heterocycles. The zero-order valence-electron chi connectivity index (χ0n) is 17.1. The van der Waals surface area contributed by atoms with E-state index in [1.165, 1.54) is 18.2 Å². The molecule has 0 atom stereocenters. The van der Waals surface area contributed by atoms with Gasteiger partial charge in [0.2, 0.25) is 13.4 Å². The number of halogens is 1. The molecule has 1 amide bonds. The minimum absolute atomic E-state index is 0.0155. The zero-order valence-corrected chi connectivity index (χ0v) is 18.7. The maximum Gasteiger partial charge on any atom is 0.347 e. The van der Waals surface area contributed by atoms with Gasteiger partial charge >= 0.3 is 5.97 Å². The van der Waals surface area contributed by atoms with Gasteiger partial charge in [-0.15, -0.1) is 0 Å². The molecule has 0 unspecified atom stereocenters. The third-order valence-corrected chi connectivity index (χ3v) is 5.62. The van der Waals surface area contributed by atoms with Crippen LogP contribution in [-0.4, -0.2) is 52.3 Å². The third kappa shape index (κ3) is 6.11. The molecule has 3 rings (SSSR count). The molecular formula is C20H19ClN2O8S. The number of carbonyl (C=O) groups excluding carboxylic acids is 2. The second-order valence-electron chi connectivity index (χ2n) is 6.64. The largest absolute Gasteiger partial charge is 0.454 e. The summed E-state index contributed by atoms with van der Waals surface area (Å²) in [5, 5.41) is 6.37. The van der Waals surface area contributed by atoms with Crippen molar-refractivity contribution >= 4 is 44.7 Å². The predicted molar refractivity (Wildman–Crippen MR) is 115 cm³/mol. The van der Waals surface area contributed by atoms with E-state index in [2.05, 4.69) is 10.5 Å². The summed E-state index contributed by atoms with van der Waals surface area (Å²) in [4.78, 5) is 28.7. The van der Waals surface area contributed by atoms with Gasteiger partial charge in [-0.1, -0.05) is 16.8 Å². The number of carbonyl (C=O) groups is 2. The Labute approximate surface area is 189 Å². The van der Waals surface area contributed by atoms with Crippen LogP contribution in [-0.2, 0) is 29.0 Å². The van der Waals surface area contributed by atoms with Crippen LogP contribution in [0.5, 0.6) is 11.5 Å². The third-order valence-electron chi connectivity index (χ3n) is 4.18. The van der Waals surface area contributed by atoms with Crippen LogP contribution in [0.1, 0.15) is 12.5 Å². The fourth-order valence-corrected chi connectivity index (χ4v) is 3.37. The summed E-state index contributed by atoms with van der Waals surface area (Å²) in [6.07, 6.45) is 1.03. The number of rotatable bonds is 8. The summed E-state index contributed by atoms with van der Waals surface area (Å²) in [5.74, 6) is -0.303. The van der Waals surface area contributed by atoms with Crippen LogP contribution in [0.2, 0.25) is 5.02 Å².